The van der Waals surface area contributed by atoms with E-state index in [1.165, 1.54) is 6.92 Å². The number of nitrogens with one attached hydrogen (secondary N) is 1. The third kappa shape index (κ3) is 3.47. The Hall–Kier alpha value is -0.0500. The third-order valence-corrected chi connectivity index (χ3v) is 3.11. The summed E-state index contributed by atoms with van der Waals surface area (Å²) in [6, 6.07) is 0. The van der Waals surface area contributed by atoms with Gasteiger partial charge in [-0.2, -0.15) is 0 Å². The Labute approximate surface area is 92.6 Å². The minimum absolute atomic E-state index is 0.195. The Morgan fingerprint density at radius 2 is 1.88 bits per heavy atom. The molecule has 0 aliphatic carbocycles. The zero-order valence-electron chi connectivity index (χ0n) is 8.72. The molecule has 0 aromatic heterocycles. The van der Waals surface area contributed by atoms with Crippen LogP contribution in [0.3, 0.4) is 0 Å². The lowest BCUT2D eigenvalue weighted by Crippen LogP contribution is -2.58. The lowest BCUT2D eigenvalue weighted by atomic mass is 9.96. The van der Waals surface area contributed by atoms with Crippen molar-refractivity contribution in [1.29, 1.82) is 0 Å². The molecule has 0 aromatic carbocycles. The first-order valence-electron chi connectivity index (χ1n) is 4.78. The van der Waals surface area contributed by atoms with E-state index in [0.29, 0.717) is 0 Å². The molecule has 1 aliphatic heterocycles. The monoisotopic (exact) mass is 256 g/mol. The Balaban J connectivity index is 2.57. The largest absolute Gasteiger partial charge is 0.388 e. The predicted octanol–water partition coefficient (Wildman–Crippen LogP) is -2.49. The molecule has 6 atom stereocenters. The second kappa shape index (κ2) is 5.07. The van der Waals surface area contributed by atoms with Crippen molar-refractivity contribution in [3.05, 3.63) is 0 Å². The zero-order chi connectivity index (χ0) is 12.5. The Bertz CT molecular complexity index is 284. The van der Waals surface area contributed by atoms with Gasteiger partial charge in [-0.3, -0.25) is 4.57 Å². The topological polar surface area (TPSA) is 145 Å². The van der Waals surface area contributed by atoms with Gasteiger partial charge >= 0.3 is 7.67 Å². The number of nitrogens with two attached hydrogens (primary N) is 1. The summed E-state index contributed by atoms with van der Waals surface area (Å²) < 4.78 is 15.9. The molecular formula is C7H17N2O6P. The Kier molecular flexibility index (Phi) is 4.44. The number of rotatable bonds is 3. The number of ether oxygens (including phenoxy) is 1. The van der Waals surface area contributed by atoms with E-state index in [1.54, 1.807) is 0 Å². The SMILES string of the molecule is CC1OC(CNP(N)(=O)O)[C@@H](O)[C@H](O)[C@@H]1O. The molecule has 1 saturated heterocycles. The lowest BCUT2D eigenvalue weighted by molar-refractivity contribution is -0.214. The van der Waals surface area contributed by atoms with Gasteiger partial charge in [0.25, 0.3) is 0 Å². The molecule has 1 heterocycles. The highest BCUT2D eigenvalue weighted by Crippen LogP contribution is 2.25. The van der Waals surface area contributed by atoms with Crippen LogP contribution in [-0.4, -0.2) is 57.3 Å². The highest BCUT2D eigenvalue weighted by Gasteiger charge is 2.41. The maximum absolute atomic E-state index is 10.8. The maximum Gasteiger partial charge on any atom is 0.335 e. The van der Waals surface area contributed by atoms with Crippen LogP contribution < -0.4 is 10.6 Å². The molecule has 7 N–H and O–H groups in total. The van der Waals surface area contributed by atoms with E-state index in [0.717, 1.165) is 0 Å². The van der Waals surface area contributed by atoms with Crippen molar-refractivity contribution < 1.29 is 29.5 Å². The second-order valence-corrected chi connectivity index (χ2v) is 5.40. The standard InChI is InChI=1S/C7H17N2O6P/c1-3-5(10)7(12)6(11)4(15-3)2-9-16(8,13)14/h3-7,10-12H,2H2,1H3,(H4,8,9,13,14)/t3?,4?,5-,6-,7-/m1/s1. The van der Waals surface area contributed by atoms with E-state index in [1.807, 2.05) is 0 Å². The number of aliphatic hydroxyl groups excluding tert-OH is 3. The molecule has 0 aromatic rings. The van der Waals surface area contributed by atoms with Gasteiger partial charge < -0.3 is 24.9 Å². The van der Waals surface area contributed by atoms with Crippen LogP contribution in [0.5, 0.6) is 0 Å². The van der Waals surface area contributed by atoms with Gasteiger partial charge in [-0.05, 0) is 6.92 Å². The molecule has 8 nitrogen and oxygen atoms in total. The van der Waals surface area contributed by atoms with Crippen LogP contribution >= 0.6 is 7.67 Å². The van der Waals surface area contributed by atoms with Gasteiger partial charge in [0.1, 0.15) is 18.3 Å². The highest BCUT2D eigenvalue weighted by atomic mass is 31.2. The molecular weight excluding hydrogens is 239 g/mol. The average molecular weight is 256 g/mol. The van der Waals surface area contributed by atoms with E-state index in [-0.39, 0.29) is 6.54 Å². The molecule has 0 spiro atoms. The van der Waals surface area contributed by atoms with Crippen molar-refractivity contribution in [2.45, 2.75) is 37.4 Å². The van der Waals surface area contributed by atoms with Crippen LogP contribution in [0.1, 0.15) is 6.92 Å². The normalized spacial score (nSPS) is 44.0. The quantitative estimate of drug-likeness (QED) is 0.304. The second-order valence-electron chi connectivity index (χ2n) is 3.84. The summed E-state index contributed by atoms with van der Waals surface area (Å²) >= 11 is 0. The maximum atomic E-state index is 10.8. The summed E-state index contributed by atoms with van der Waals surface area (Å²) in [5.41, 5.74) is 4.85. The highest BCUT2D eigenvalue weighted by molar-refractivity contribution is 7.53. The fraction of sp³-hybridized carbons (Fsp3) is 1.00. The predicted molar refractivity (Wildman–Crippen MR) is 54.4 cm³/mol. The van der Waals surface area contributed by atoms with E-state index >= 15 is 0 Å². The fourth-order valence-corrected chi connectivity index (χ4v) is 1.97. The summed E-state index contributed by atoms with van der Waals surface area (Å²) in [6.07, 6.45) is -5.47. The molecule has 1 rings (SSSR count). The summed E-state index contributed by atoms with van der Waals surface area (Å²) in [5, 5.41) is 30.4. The van der Waals surface area contributed by atoms with Gasteiger partial charge in [0.2, 0.25) is 0 Å². The number of aliphatic hydroxyl groups is 3. The van der Waals surface area contributed by atoms with E-state index in [4.69, 9.17) is 15.1 Å². The summed E-state index contributed by atoms with van der Waals surface area (Å²) in [7, 11) is -3.90. The molecule has 0 radical (unpaired) electrons. The van der Waals surface area contributed by atoms with Crippen LogP contribution in [0.2, 0.25) is 0 Å². The van der Waals surface area contributed by atoms with Crippen LogP contribution in [0.25, 0.3) is 0 Å². The van der Waals surface area contributed by atoms with Gasteiger partial charge in [-0.1, -0.05) is 0 Å². The third-order valence-electron chi connectivity index (χ3n) is 2.47. The molecule has 96 valence electrons. The Morgan fingerprint density at radius 3 is 2.38 bits per heavy atom. The smallest absolute Gasteiger partial charge is 0.335 e. The minimum atomic E-state index is -3.90. The van der Waals surface area contributed by atoms with Crippen LogP contribution in [-0.2, 0) is 9.30 Å². The van der Waals surface area contributed by atoms with Crippen molar-refractivity contribution in [3.8, 4) is 0 Å². The summed E-state index contributed by atoms with van der Waals surface area (Å²) in [4.78, 5) is 8.79. The molecule has 3 unspecified atom stereocenters. The van der Waals surface area contributed by atoms with Gasteiger partial charge in [-0.25, -0.2) is 10.6 Å². The van der Waals surface area contributed by atoms with Crippen molar-refractivity contribution >= 4 is 7.67 Å². The molecule has 9 heteroatoms. The zero-order valence-corrected chi connectivity index (χ0v) is 9.62. The van der Waals surface area contributed by atoms with E-state index < -0.39 is 38.2 Å². The first-order valence-corrected chi connectivity index (χ1v) is 6.51. The lowest BCUT2D eigenvalue weighted by Gasteiger charge is -2.39. The average Bonchev–Trinajstić information content (AvgIpc) is 2.17. The van der Waals surface area contributed by atoms with Crippen molar-refractivity contribution in [2.75, 3.05) is 6.54 Å². The molecule has 1 aliphatic rings. The van der Waals surface area contributed by atoms with Crippen molar-refractivity contribution in [3.63, 3.8) is 0 Å². The van der Waals surface area contributed by atoms with Crippen LogP contribution in [0, 0.1) is 0 Å². The minimum Gasteiger partial charge on any atom is -0.388 e. The molecule has 16 heavy (non-hydrogen) atoms. The fourth-order valence-electron chi connectivity index (χ4n) is 1.53. The van der Waals surface area contributed by atoms with E-state index in [9.17, 15) is 19.9 Å². The molecule has 0 saturated carbocycles. The van der Waals surface area contributed by atoms with Crippen molar-refractivity contribution in [2.24, 2.45) is 5.50 Å². The van der Waals surface area contributed by atoms with Gasteiger partial charge in [0, 0.05) is 6.54 Å². The molecule has 0 bridgehead atoms. The van der Waals surface area contributed by atoms with Crippen LogP contribution in [0.4, 0.5) is 0 Å². The van der Waals surface area contributed by atoms with Gasteiger partial charge in [-0.15, -0.1) is 0 Å². The molecule has 0 amide bonds. The molecule has 1 fully saturated rings. The first kappa shape index (κ1) is 14.0. The van der Waals surface area contributed by atoms with Crippen molar-refractivity contribution in [1.82, 2.24) is 5.09 Å². The van der Waals surface area contributed by atoms with Gasteiger partial charge in [0.15, 0.2) is 0 Å². The van der Waals surface area contributed by atoms with Crippen LogP contribution in [0.15, 0.2) is 0 Å². The number of hydrogen-bond donors (Lipinski definition) is 6. The summed E-state index contributed by atoms with van der Waals surface area (Å²) in [5.74, 6) is 0. The van der Waals surface area contributed by atoms with E-state index in [2.05, 4.69) is 5.09 Å². The Morgan fingerprint density at radius 1 is 1.31 bits per heavy atom. The van der Waals surface area contributed by atoms with Gasteiger partial charge in [0.05, 0.1) is 12.2 Å². The summed E-state index contributed by atoms with van der Waals surface area (Å²) in [6.45, 7) is 1.33. The first-order chi connectivity index (χ1) is 7.22. The number of hydrogen-bond acceptors (Lipinski definition) is 5.